The van der Waals surface area contributed by atoms with E-state index in [2.05, 4.69) is 263 Å². The number of benzene rings is 6. The van der Waals surface area contributed by atoms with Crippen molar-refractivity contribution >= 4 is 33.2 Å². The van der Waals surface area contributed by atoms with Gasteiger partial charge in [0.15, 0.2) is 0 Å². The van der Waals surface area contributed by atoms with Crippen LogP contribution in [0.5, 0.6) is 11.5 Å². The van der Waals surface area contributed by atoms with Crippen LogP contribution in [-0.4, -0.2) is 16.2 Å². The van der Waals surface area contributed by atoms with Gasteiger partial charge in [0.1, 0.15) is 17.3 Å². The lowest BCUT2D eigenvalue weighted by Gasteiger charge is -2.32. The van der Waals surface area contributed by atoms with Gasteiger partial charge in [0, 0.05) is 63.2 Å². The number of allylic oxidation sites excluding steroid dienone is 1. The third-order valence-corrected chi connectivity index (χ3v) is 14.0. The van der Waals surface area contributed by atoms with E-state index in [1.807, 2.05) is 6.20 Å². The van der Waals surface area contributed by atoms with Gasteiger partial charge in [-0.25, -0.2) is 4.98 Å². The maximum absolute atomic E-state index is 7.09. The molecule has 0 amide bonds. The summed E-state index contributed by atoms with van der Waals surface area (Å²) < 4.78 is 9.41. The van der Waals surface area contributed by atoms with Crippen LogP contribution in [-0.2, 0) is 21.7 Å². The van der Waals surface area contributed by atoms with Crippen molar-refractivity contribution in [1.82, 2.24) is 9.55 Å². The Morgan fingerprint density at radius 3 is 1.72 bits per heavy atom. The first-order valence-electron chi connectivity index (χ1n) is 24.4. The molecule has 348 valence electrons. The third-order valence-electron chi connectivity index (χ3n) is 14.0. The molecule has 9 rings (SSSR count). The van der Waals surface area contributed by atoms with E-state index in [-0.39, 0.29) is 27.1 Å². The average Bonchev–Trinajstić information content (AvgIpc) is 3.89. The topological polar surface area (TPSA) is 33.5 Å². The van der Waals surface area contributed by atoms with Crippen LogP contribution in [0.4, 0.5) is 11.4 Å². The largest absolute Gasteiger partial charge is 0.457 e. The van der Waals surface area contributed by atoms with Crippen LogP contribution in [0.3, 0.4) is 0 Å². The summed E-state index contributed by atoms with van der Waals surface area (Å²) in [6, 6.07) is 53.2. The second-order valence-corrected chi connectivity index (χ2v) is 23.6. The summed E-state index contributed by atoms with van der Waals surface area (Å²) in [5.41, 5.74) is 14.0. The lowest BCUT2D eigenvalue weighted by atomic mass is 9.78. The first-order chi connectivity index (χ1) is 31.9. The summed E-state index contributed by atoms with van der Waals surface area (Å²) >= 11 is 0. The molecule has 1 aliphatic heterocycles. The van der Waals surface area contributed by atoms with Crippen LogP contribution in [0.25, 0.3) is 38.8 Å². The molecule has 3 heterocycles. The fourth-order valence-corrected chi connectivity index (χ4v) is 9.57. The van der Waals surface area contributed by atoms with Crippen LogP contribution < -0.4 is 14.5 Å². The summed E-state index contributed by atoms with van der Waals surface area (Å²) in [4.78, 5) is 9.93. The zero-order chi connectivity index (χ0) is 48.6. The van der Waals surface area contributed by atoms with Crippen LogP contribution in [0.1, 0.15) is 125 Å². The van der Waals surface area contributed by atoms with Crippen molar-refractivity contribution in [2.75, 3.05) is 16.5 Å². The number of anilines is 2. The number of fused-ring (bicyclic) bond motifs is 3. The van der Waals surface area contributed by atoms with Crippen molar-refractivity contribution in [3.05, 3.63) is 192 Å². The second-order valence-electron chi connectivity index (χ2n) is 23.6. The van der Waals surface area contributed by atoms with Crippen LogP contribution in [0.15, 0.2) is 164 Å². The molecule has 68 heavy (non-hydrogen) atoms. The fourth-order valence-electron chi connectivity index (χ4n) is 9.57. The monoisotopic (exact) mass is 899 g/mol. The molecule has 0 radical (unpaired) electrons. The molecule has 5 heteroatoms. The maximum Gasteiger partial charge on any atom is 0.137 e. The van der Waals surface area contributed by atoms with E-state index in [1.54, 1.807) is 0 Å². The van der Waals surface area contributed by atoms with Crippen molar-refractivity contribution in [2.45, 2.75) is 119 Å². The van der Waals surface area contributed by atoms with Gasteiger partial charge in [-0.1, -0.05) is 170 Å². The Hall–Kier alpha value is -6.59. The molecular formula is C63H70N4O. The van der Waals surface area contributed by atoms with Gasteiger partial charge in [0.05, 0.1) is 17.7 Å². The fraction of sp³-hybridized carbons (Fsp3) is 0.317. The van der Waals surface area contributed by atoms with Crippen molar-refractivity contribution < 1.29 is 4.74 Å². The van der Waals surface area contributed by atoms with E-state index >= 15 is 0 Å². The third kappa shape index (κ3) is 9.08. The normalized spacial score (nSPS) is 14.0. The number of ether oxygens (including phenoxy) is 1. The van der Waals surface area contributed by atoms with Crippen LogP contribution in [0.2, 0.25) is 0 Å². The smallest absolute Gasteiger partial charge is 0.137 e. The minimum Gasteiger partial charge on any atom is -0.457 e. The number of hydrogen-bond donors (Lipinski definition) is 0. The average molecular weight is 899 g/mol. The highest BCUT2D eigenvalue weighted by atomic mass is 16.5. The molecule has 2 aromatic heterocycles. The Balaban J connectivity index is 1.17. The number of rotatable bonds is 8. The summed E-state index contributed by atoms with van der Waals surface area (Å²) in [5, 5.41) is 2.34. The van der Waals surface area contributed by atoms with E-state index < -0.39 is 0 Å². The van der Waals surface area contributed by atoms with Crippen LogP contribution >= 0.6 is 0 Å². The standard InChI is InChI=1S/C63H70N4O/c1-59(2,3)45-29-30-64-58(37-45)67-55-28-25-46(63(13,14)44-23-19-16-20-24-44)36-54(55)53-27-26-51(39-56(53)67)68-52-32-43(42-21-17-15-18-22-42)31-50(38-52)66-41-65(40-57(66)62(10,11)12)49-34-47(60(4,5)6)33-48(35-49)61(7,8)9/h15-40H,41H2,1-14H3. The quantitative estimate of drug-likeness (QED) is 0.152. The Kier molecular flexibility index (Phi) is 11.5. The lowest BCUT2D eigenvalue weighted by Crippen LogP contribution is -2.31. The lowest BCUT2D eigenvalue weighted by molar-refractivity contribution is 0.481. The Morgan fingerprint density at radius 2 is 1.09 bits per heavy atom. The zero-order valence-electron chi connectivity index (χ0n) is 42.9. The van der Waals surface area contributed by atoms with E-state index in [1.165, 1.54) is 44.6 Å². The zero-order valence-corrected chi connectivity index (χ0v) is 42.9. The van der Waals surface area contributed by atoms with E-state index in [4.69, 9.17) is 9.72 Å². The van der Waals surface area contributed by atoms with Crippen LogP contribution in [0, 0.1) is 5.41 Å². The molecule has 0 aliphatic carbocycles. The van der Waals surface area contributed by atoms with Gasteiger partial charge in [-0.05, 0) is 116 Å². The van der Waals surface area contributed by atoms with Crippen molar-refractivity contribution in [2.24, 2.45) is 5.41 Å². The molecular weight excluding hydrogens is 829 g/mol. The van der Waals surface area contributed by atoms with Gasteiger partial charge in [0.2, 0.25) is 0 Å². The molecule has 0 N–H and O–H groups in total. The highest BCUT2D eigenvalue weighted by Gasteiger charge is 2.33. The molecule has 0 saturated carbocycles. The Bertz CT molecular complexity index is 3150. The van der Waals surface area contributed by atoms with Crippen molar-refractivity contribution in [3.63, 3.8) is 0 Å². The number of nitrogens with zero attached hydrogens (tertiary/aromatic N) is 4. The molecule has 1 aliphatic rings. The van der Waals surface area contributed by atoms with E-state index in [0.717, 1.165) is 50.6 Å². The van der Waals surface area contributed by atoms with Gasteiger partial charge in [-0.2, -0.15) is 0 Å². The van der Waals surface area contributed by atoms with Crippen molar-refractivity contribution in [1.29, 1.82) is 0 Å². The minimum absolute atomic E-state index is 0.00876. The second kappa shape index (κ2) is 16.9. The Morgan fingerprint density at radius 1 is 0.441 bits per heavy atom. The van der Waals surface area contributed by atoms with E-state index in [0.29, 0.717) is 6.67 Å². The first-order valence-corrected chi connectivity index (χ1v) is 24.4. The SMILES string of the molecule is CC(C)(C)C1=CN(c2cc(C(C)(C)C)cc(C(C)(C)C)c2)CN1c1cc(Oc2ccc3c4cc(C(C)(C)c5ccccc5)ccc4n(-c4cc(C(C)(C)C)ccn4)c3c2)cc(-c2ccccc2)c1. The summed E-state index contributed by atoms with van der Waals surface area (Å²) in [6.45, 7) is 32.9. The predicted molar refractivity (Wildman–Crippen MR) is 289 cm³/mol. The number of pyridine rings is 1. The van der Waals surface area contributed by atoms with Gasteiger partial charge in [-0.15, -0.1) is 0 Å². The molecule has 0 fully saturated rings. The maximum atomic E-state index is 7.09. The van der Waals surface area contributed by atoms with Crippen molar-refractivity contribution in [3.8, 4) is 28.4 Å². The number of aromatic nitrogens is 2. The number of hydrogen-bond acceptors (Lipinski definition) is 4. The highest BCUT2D eigenvalue weighted by molar-refractivity contribution is 6.10. The molecule has 0 bridgehead atoms. The summed E-state index contributed by atoms with van der Waals surface area (Å²) in [6.07, 6.45) is 4.31. The summed E-state index contributed by atoms with van der Waals surface area (Å²) in [5.74, 6) is 2.43. The molecule has 0 atom stereocenters. The Labute approximate surface area is 406 Å². The molecule has 5 nitrogen and oxygen atoms in total. The minimum atomic E-state index is -0.195. The van der Waals surface area contributed by atoms with Gasteiger partial charge in [-0.3, -0.25) is 4.57 Å². The molecule has 0 spiro atoms. The predicted octanol–water partition coefficient (Wildman–Crippen LogP) is 17.0. The molecule has 0 unspecified atom stereocenters. The van der Waals surface area contributed by atoms with Gasteiger partial charge >= 0.3 is 0 Å². The van der Waals surface area contributed by atoms with Gasteiger partial charge < -0.3 is 14.5 Å². The van der Waals surface area contributed by atoms with Gasteiger partial charge in [0.25, 0.3) is 0 Å². The van der Waals surface area contributed by atoms with E-state index in [9.17, 15) is 0 Å². The highest BCUT2D eigenvalue weighted by Crippen LogP contribution is 2.44. The molecule has 8 aromatic rings. The molecule has 6 aromatic carbocycles. The first kappa shape index (κ1) is 46.5. The molecule has 0 saturated heterocycles. The summed E-state index contributed by atoms with van der Waals surface area (Å²) in [7, 11) is 0.